The first-order valence-corrected chi connectivity index (χ1v) is 8.13. The molecule has 0 saturated carbocycles. The van der Waals surface area contributed by atoms with Crippen LogP contribution in [0.2, 0.25) is 5.15 Å². The number of rotatable bonds is 2. The molecule has 0 amide bonds. The lowest BCUT2D eigenvalue weighted by atomic mass is 10.3. The Labute approximate surface area is 132 Å². The Hall–Kier alpha value is -1.10. The van der Waals surface area contributed by atoms with E-state index in [0.29, 0.717) is 5.15 Å². The monoisotopic (exact) mass is 311 g/mol. The van der Waals surface area contributed by atoms with Crippen LogP contribution in [0.5, 0.6) is 0 Å². The predicted molar refractivity (Wildman–Crippen MR) is 89.9 cm³/mol. The number of pyridine rings is 1. The molecule has 4 nitrogen and oxygen atoms in total. The van der Waals surface area contributed by atoms with E-state index >= 15 is 0 Å². The Balaban J connectivity index is 0.000000510. The maximum absolute atomic E-state index is 6.05. The van der Waals surface area contributed by atoms with Crippen molar-refractivity contribution in [2.75, 3.05) is 26.3 Å². The van der Waals surface area contributed by atoms with Gasteiger partial charge in [-0.3, -0.25) is 4.90 Å². The number of halogens is 1. The zero-order valence-corrected chi connectivity index (χ0v) is 14.2. The second-order valence-electron chi connectivity index (χ2n) is 4.25. The predicted octanol–water partition coefficient (Wildman–Crippen LogP) is 4.10. The van der Waals surface area contributed by atoms with Gasteiger partial charge in [0.25, 0.3) is 0 Å². The van der Waals surface area contributed by atoms with Crippen LogP contribution in [0.25, 0.3) is 10.9 Å². The summed E-state index contributed by atoms with van der Waals surface area (Å²) in [7, 11) is 0. The standard InChI is InChI=1S/C12H14ClN3O.2C2H6/c13-12-10-7-9(15-11(10)1-2-14-12)8-16-3-5-17-6-4-16;2*1-2/h1-2,7,15H,3-6,8H2;2*1-2H3. The molecule has 1 fully saturated rings. The Morgan fingerprint density at radius 2 is 1.90 bits per heavy atom. The molecule has 0 unspecified atom stereocenters. The van der Waals surface area contributed by atoms with E-state index in [4.69, 9.17) is 16.3 Å². The molecule has 0 aliphatic carbocycles. The second-order valence-corrected chi connectivity index (χ2v) is 4.60. The molecule has 3 rings (SSSR count). The van der Waals surface area contributed by atoms with E-state index in [2.05, 4.69) is 20.9 Å². The lowest BCUT2D eigenvalue weighted by Gasteiger charge is -2.25. The van der Waals surface area contributed by atoms with Gasteiger partial charge in [0.05, 0.1) is 18.7 Å². The molecule has 2 aromatic heterocycles. The van der Waals surface area contributed by atoms with Crippen molar-refractivity contribution in [1.29, 1.82) is 0 Å². The van der Waals surface area contributed by atoms with Crippen LogP contribution in [0, 0.1) is 0 Å². The lowest BCUT2D eigenvalue weighted by Crippen LogP contribution is -2.35. The smallest absolute Gasteiger partial charge is 0.138 e. The summed E-state index contributed by atoms with van der Waals surface area (Å²) >= 11 is 6.05. The fourth-order valence-electron chi connectivity index (χ4n) is 2.16. The van der Waals surface area contributed by atoms with Crippen molar-refractivity contribution >= 4 is 22.5 Å². The van der Waals surface area contributed by atoms with Gasteiger partial charge in [-0.1, -0.05) is 39.3 Å². The van der Waals surface area contributed by atoms with Gasteiger partial charge in [0.2, 0.25) is 0 Å². The van der Waals surface area contributed by atoms with E-state index in [1.54, 1.807) is 6.20 Å². The number of H-pyrrole nitrogens is 1. The number of aromatic nitrogens is 2. The van der Waals surface area contributed by atoms with Crippen LogP contribution in [0.1, 0.15) is 33.4 Å². The molecule has 21 heavy (non-hydrogen) atoms. The summed E-state index contributed by atoms with van der Waals surface area (Å²) in [5.74, 6) is 0. The zero-order chi connectivity index (χ0) is 15.7. The molecule has 1 N–H and O–H groups in total. The van der Waals surface area contributed by atoms with Gasteiger partial charge in [-0.25, -0.2) is 4.98 Å². The summed E-state index contributed by atoms with van der Waals surface area (Å²) in [4.78, 5) is 9.83. The van der Waals surface area contributed by atoms with E-state index in [1.807, 2.05) is 33.8 Å². The van der Waals surface area contributed by atoms with Crippen molar-refractivity contribution in [2.24, 2.45) is 0 Å². The number of morpholine rings is 1. The van der Waals surface area contributed by atoms with Crippen molar-refractivity contribution in [3.05, 3.63) is 29.2 Å². The Morgan fingerprint density at radius 3 is 2.52 bits per heavy atom. The number of ether oxygens (including phenoxy) is 1. The molecular formula is C16H26ClN3O. The molecule has 0 spiro atoms. The first kappa shape index (κ1) is 18.0. The van der Waals surface area contributed by atoms with E-state index in [1.165, 1.54) is 5.69 Å². The van der Waals surface area contributed by atoms with Crippen LogP contribution in [0.3, 0.4) is 0 Å². The Bertz CT molecular complexity index is 521. The molecule has 1 aliphatic heterocycles. The summed E-state index contributed by atoms with van der Waals surface area (Å²) in [5.41, 5.74) is 2.23. The first-order chi connectivity index (χ1) is 10.3. The molecule has 0 aromatic carbocycles. The maximum Gasteiger partial charge on any atom is 0.138 e. The zero-order valence-electron chi connectivity index (χ0n) is 13.4. The van der Waals surface area contributed by atoms with Crippen LogP contribution in [0.15, 0.2) is 18.3 Å². The van der Waals surface area contributed by atoms with Crippen LogP contribution in [-0.4, -0.2) is 41.2 Å². The van der Waals surface area contributed by atoms with Crippen LogP contribution >= 0.6 is 11.6 Å². The van der Waals surface area contributed by atoms with Gasteiger partial charge < -0.3 is 9.72 Å². The summed E-state index contributed by atoms with van der Waals surface area (Å²) in [6, 6.07) is 4.03. The normalized spacial score (nSPS) is 14.9. The molecule has 2 aromatic rings. The van der Waals surface area contributed by atoms with Crippen molar-refractivity contribution in [3.63, 3.8) is 0 Å². The molecule has 0 bridgehead atoms. The highest BCUT2D eigenvalue weighted by Gasteiger charge is 2.12. The van der Waals surface area contributed by atoms with Gasteiger partial charge in [0, 0.05) is 36.9 Å². The average Bonchev–Trinajstić information content (AvgIpc) is 2.96. The van der Waals surface area contributed by atoms with Crippen molar-refractivity contribution in [3.8, 4) is 0 Å². The minimum atomic E-state index is 0.562. The third kappa shape index (κ3) is 4.99. The fraction of sp³-hybridized carbons (Fsp3) is 0.562. The van der Waals surface area contributed by atoms with E-state index < -0.39 is 0 Å². The second kappa shape index (κ2) is 9.77. The molecule has 1 saturated heterocycles. The highest BCUT2D eigenvalue weighted by molar-refractivity contribution is 6.34. The number of hydrogen-bond acceptors (Lipinski definition) is 3. The minimum absolute atomic E-state index is 0.562. The van der Waals surface area contributed by atoms with Gasteiger partial charge in [-0.15, -0.1) is 0 Å². The van der Waals surface area contributed by atoms with Crippen LogP contribution < -0.4 is 0 Å². The Kier molecular flexibility index (Phi) is 8.35. The van der Waals surface area contributed by atoms with Crippen molar-refractivity contribution in [1.82, 2.24) is 14.9 Å². The molecule has 0 atom stereocenters. The summed E-state index contributed by atoms with van der Waals surface area (Å²) in [6.07, 6.45) is 1.72. The van der Waals surface area contributed by atoms with E-state index in [0.717, 1.165) is 43.8 Å². The summed E-state index contributed by atoms with van der Waals surface area (Å²) in [6.45, 7) is 12.5. The third-order valence-electron chi connectivity index (χ3n) is 3.05. The molecule has 5 heteroatoms. The fourth-order valence-corrected chi connectivity index (χ4v) is 2.38. The molecular weight excluding hydrogens is 286 g/mol. The van der Waals surface area contributed by atoms with Gasteiger partial charge >= 0.3 is 0 Å². The van der Waals surface area contributed by atoms with Crippen molar-refractivity contribution < 1.29 is 4.74 Å². The largest absolute Gasteiger partial charge is 0.379 e. The Morgan fingerprint density at radius 1 is 1.24 bits per heavy atom. The number of nitrogens with one attached hydrogen (secondary N) is 1. The van der Waals surface area contributed by atoms with Crippen LogP contribution in [-0.2, 0) is 11.3 Å². The highest BCUT2D eigenvalue weighted by Crippen LogP contribution is 2.22. The summed E-state index contributed by atoms with van der Waals surface area (Å²) < 4.78 is 5.33. The number of hydrogen-bond donors (Lipinski definition) is 1. The molecule has 1 aliphatic rings. The molecule has 3 heterocycles. The first-order valence-electron chi connectivity index (χ1n) is 7.75. The van der Waals surface area contributed by atoms with E-state index in [9.17, 15) is 0 Å². The lowest BCUT2D eigenvalue weighted by molar-refractivity contribution is 0.0337. The van der Waals surface area contributed by atoms with Gasteiger partial charge in [0.1, 0.15) is 5.15 Å². The third-order valence-corrected chi connectivity index (χ3v) is 3.35. The molecule has 118 valence electrons. The minimum Gasteiger partial charge on any atom is -0.379 e. The average molecular weight is 312 g/mol. The maximum atomic E-state index is 6.05. The SMILES string of the molecule is CC.CC.Clc1nccc2[nH]c(CN3CCOCC3)cc12. The quantitative estimate of drug-likeness (QED) is 0.849. The number of fused-ring (bicyclic) bond motifs is 1. The van der Waals surface area contributed by atoms with Crippen LogP contribution in [0.4, 0.5) is 0 Å². The topological polar surface area (TPSA) is 41.2 Å². The highest BCUT2D eigenvalue weighted by atomic mass is 35.5. The number of aromatic amines is 1. The van der Waals surface area contributed by atoms with Gasteiger partial charge in [0.15, 0.2) is 0 Å². The van der Waals surface area contributed by atoms with Gasteiger partial charge in [-0.2, -0.15) is 0 Å². The summed E-state index contributed by atoms with van der Waals surface area (Å²) in [5, 5.41) is 1.56. The van der Waals surface area contributed by atoms with E-state index in [-0.39, 0.29) is 0 Å². The molecule has 0 radical (unpaired) electrons. The van der Waals surface area contributed by atoms with Gasteiger partial charge in [-0.05, 0) is 12.1 Å². The van der Waals surface area contributed by atoms with Crippen molar-refractivity contribution in [2.45, 2.75) is 34.2 Å². The number of nitrogens with zero attached hydrogens (tertiary/aromatic N) is 2.